The van der Waals surface area contributed by atoms with E-state index < -0.39 is 0 Å². The van der Waals surface area contributed by atoms with Gasteiger partial charge in [-0.3, -0.25) is 4.79 Å². The standard InChI is InChI=1S/C12H22N2O3/c13-12(15)11(14-10-1-2-10)4-6-17-8-9-3-5-16-7-9/h9-11,14H,1-8H2,(H2,13,15). The van der Waals surface area contributed by atoms with E-state index in [-0.39, 0.29) is 11.9 Å². The summed E-state index contributed by atoms with van der Waals surface area (Å²) in [5, 5.41) is 3.24. The van der Waals surface area contributed by atoms with Crippen molar-refractivity contribution in [1.82, 2.24) is 5.32 Å². The van der Waals surface area contributed by atoms with Crippen LogP contribution < -0.4 is 11.1 Å². The quantitative estimate of drug-likeness (QED) is 0.589. The van der Waals surface area contributed by atoms with Crippen LogP contribution in [0.1, 0.15) is 25.7 Å². The number of ether oxygens (including phenoxy) is 2. The van der Waals surface area contributed by atoms with Crippen LogP contribution in [-0.2, 0) is 14.3 Å². The van der Waals surface area contributed by atoms with Gasteiger partial charge >= 0.3 is 0 Å². The molecule has 2 fully saturated rings. The molecular formula is C12H22N2O3. The van der Waals surface area contributed by atoms with E-state index in [1.165, 1.54) is 0 Å². The fourth-order valence-electron chi connectivity index (χ4n) is 2.01. The highest BCUT2D eigenvalue weighted by Crippen LogP contribution is 2.20. The Bertz CT molecular complexity index is 250. The van der Waals surface area contributed by atoms with Crippen LogP contribution in [0.4, 0.5) is 0 Å². The molecule has 2 unspecified atom stereocenters. The van der Waals surface area contributed by atoms with Crippen molar-refractivity contribution in [3.05, 3.63) is 0 Å². The lowest BCUT2D eigenvalue weighted by Crippen LogP contribution is -2.43. The van der Waals surface area contributed by atoms with Crippen molar-refractivity contribution in [2.45, 2.75) is 37.8 Å². The average molecular weight is 242 g/mol. The number of nitrogens with two attached hydrogens (primary N) is 1. The number of nitrogens with one attached hydrogen (secondary N) is 1. The van der Waals surface area contributed by atoms with Gasteiger partial charge in [0.25, 0.3) is 0 Å². The maximum Gasteiger partial charge on any atom is 0.234 e. The van der Waals surface area contributed by atoms with E-state index in [1.807, 2.05) is 0 Å². The lowest BCUT2D eigenvalue weighted by Gasteiger charge is -2.15. The van der Waals surface area contributed by atoms with Gasteiger partial charge in [0.2, 0.25) is 5.91 Å². The Morgan fingerprint density at radius 1 is 1.47 bits per heavy atom. The number of carbonyl (C=O) groups excluding carboxylic acids is 1. The summed E-state index contributed by atoms with van der Waals surface area (Å²) in [6, 6.07) is 0.262. The summed E-state index contributed by atoms with van der Waals surface area (Å²) in [4.78, 5) is 11.2. The monoisotopic (exact) mass is 242 g/mol. The van der Waals surface area contributed by atoms with Gasteiger partial charge in [-0.1, -0.05) is 0 Å². The molecule has 1 heterocycles. The van der Waals surface area contributed by atoms with E-state index in [0.717, 1.165) is 39.1 Å². The van der Waals surface area contributed by atoms with Gasteiger partial charge in [-0.15, -0.1) is 0 Å². The van der Waals surface area contributed by atoms with Crippen molar-refractivity contribution >= 4 is 5.91 Å². The number of carbonyl (C=O) groups is 1. The SMILES string of the molecule is NC(=O)C(CCOCC1CCOC1)NC1CC1. The number of amides is 1. The summed E-state index contributed by atoms with van der Waals surface area (Å²) in [6.45, 7) is 2.97. The van der Waals surface area contributed by atoms with Crippen molar-refractivity contribution in [2.24, 2.45) is 11.7 Å². The molecule has 17 heavy (non-hydrogen) atoms. The summed E-state index contributed by atoms with van der Waals surface area (Å²) in [5.41, 5.74) is 5.34. The van der Waals surface area contributed by atoms with Crippen LogP contribution >= 0.6 is 0 Å². The first-order chi connectivity index (χ1) is 8.25. The van der Waals surface area contributed by atoms with Crippen molar-refractivity contribution in [2.75, 3.05) is 26.4 Å². The van der Waals surface area contributed by atoms with E-state index in [9.17, 15) is 4.79 Å². The molecule has 0 radical (unpaired) electrons. The highest BCUT2D eigenvalue weighted by molar-refractivity contribution is 5.79. The second kappa shape index (κ2) is 6.33. The summed E-state index contributed by atoms with van der Waals surface area (Å²) >= 11 is 0. The van der Waals surface area contributed by atoms with Crippen molar-refractivity contribution in [3.8, 4) is 0 Å². The third-order valence-corrected chi connectivity index (χ3v) is 3.29. The lowest BCUT2D eigenvalue weighted by atomic mass is 10.1. The predicted octanol–water partition coefficient (Wildman–Crippen LogP) is 0.0355. The number of rotatable bonds is 8. The zero-order valence-corrected chi connectivity index (χ0v) is 10.2. The van der Waals surface area contributed by atoms with Crippen LogP contribution in [0.5, 0.6) is 0 Å². The Balaban J connectivity index is 1.56. The second-order valence-corrected chi connectivity index (χ2v) is 4.99. The number of primary amides is 1. The Kier molecular flexibility index (Phi) is 4.76. The molecule has 1 saturated heterocycles. The van der Waals surface area contributed by atoms with E-state index in [0.29, 0.717) is 25.0 Å². The molecule has 2 aliphatic rings. The molecule has 98 valence electrons. The molecule has 5 nitrogen and oxygen atoms in total. The van der Waals surface area contributed by atoms with Crippen LogP contribution in [0.25, 0.3) is 0 Å². The van der Waals surface area contributed by atoms with E-state index in [4.69, 9.17) is 15.2 Å². The minimum absolute atomic E-state index is 0.234. The van der Waals surface area contributed by atoms with E-state index in [2.05, 4.69) is 5.32 Å². The molecule has 0 spiro atoms. The Labute approximate surface area is 102 Å². The van der Waals surface area contributed by atoms with Crippen LogP contribution in [-0.4, -0.2) is 44.4 Å². The fourth-order valence-corrected chi connectivity index (χ4v) is 2.01. The van der Waals surface area contributed by atoms with Crippen LogP contribution in [0.2, 0.25) is 0 Å². The summed E-state index contributed by atoms with van der Waals surface area (Å²) < 4.78 is 10.8. The Hall–Kier alpha value is -0.650. The molecule has 0 aromatic heterocycles. The van der Waals surface area contributed by atoms with Crippen LogP contribution in [0.15, 0.2) is 0 Å². The predicted molar refractivity (Wildman–Crippen MR) is 63.5 cm³/mol. The van der Waals surface area contributed by atoms with Gasteiger partial charge in [-0.05, 0) is 25.7 Å². The van der Waals surface area contributed by atoms with Crippen molar-refractivity contribution in [1.29, 1.82) is 0 Å². The molecular weight excluding hydrogens is 220 g/mol. The highest BCUT2D eigenvalue weighted by Gasteiger charge is 2.27. The maximum atomic E-state index is 11.2. The van der Waals surface area contributed by atoms with Gasteiger partial charge in [0, 0.05) is 25.2 Å². The molecule has 0 bridgehead atoms. The first-order valence-electron chi connectivity index (χ1n) is 6.46. The molecule has 1 aliphatic heterocycles. The fraction of sp³-hybridized carbons (Fsp3) is 0.917. The molecule has 1 aliphatic carbocycles. The van der Waals surface area contributed by atoms with E-state index in [1.54, 1.807) is 0 Å². The Morgan fingerprint density at radius 3 is 2.88 bits per heavy atom. The van der Waals surface area contributed by atoms with Gasteiger partial charge < -0.3 is 20.5 Å². The second-order valence-electron chi connectivity index (χ2n) is 4.99. The van der Waals surface area contributed by atoms with Crippen molar-refractivity contribution in [3.63, 3.8) is 0 Å². The van der Waals surface area contributed by atoms with Crippen LogP contribution in [0.3, 0.4) is 0 Å². The van der Waals surface area contributed by atoms with Gasteiger partial charge in [-0.25, -0.2) is 0 Å². The minimum atomic E-state index is -0.273. The molecule has 0 aromatic rings. The number of hydrogen-bond acceptors (Lipinski definition) is 4. The smallest absolute Gasteiger partial charge is 0.234 e. The molecule has 1 amide bonds. The summed E-state index contributed by atoms with van der Waals surface area (Å²) in [7, 11) is 0. The largest absolute Gasteiger partial charge is 0.381 e. The average Bonchev–Trinajstić information content (AvgIpc) is 2.96. The molecule has 5 heteroatoms. The topological polar surface area (TPSA) is 73.6 Å². The molecule has 3 N–H and O–H groups in total. The first kappa shape index (κ1) is 12.8. The molecule has 1 saturated carbocycles. The van der Waals surface area contributed by atoms with Gasteiger partial charge in [0.1, 0.15) is 0 Å². The first-order valence-corrected chi connectivity index (χ1v) is 6.46. The van der Waals surface area contributed by atoms with Crippen LogP contribution in [0, 0.1) is 5.92 Å². The molecule has 0 aromatic carbocycles. The van der Waals surface area contributed by atoms with E-state index >= 15 is 0 Å². The molecule has 2 atom stereocenters. The third-order valence-electron chi connectivity index (χ3n) is 3.29. The summed E-state index contributed by atoms with van der Waals surface area (Å²) in [6.07, 6.45) is 4.06. The van der Waals surface area contributed by atoms with Crippen molar-refractivity contribution < 1.29 is 14.3 Å². The van der Waals surface area contributed by atoms with Gasteiger partial charge in [0.15, 0.2) is 0 Å². The Morgan fingerprint density at radius 2 is 2.29 bits per heavy atom. The lowest BCUT2D eigenvalue weighted by molar-refractivity contribution is -0.120. The van der Waals surface area contributed by atoms with Gasteiger partial charge in [0.05, 0.1) is 19.3 Å². The normalized spacial score (nSPS) is 26.0. The molecule has 2 rings (SSSR count). The zero-order chi connectivity index (χ0) is 12.1. The van der Waals surface area contributed by atoms with Gasteiger partial charge in [-0.2, -0.15) is 0 Å². The number of hydrogen-bond donors (Lipinski definition) is 2. The zero-order valence-electron chi connectivity index (χ0n) is 10.2. The maximum absolute atomic E-state index is 11.2. The minimum Gasteiger partial charge on any atom is -0.381 e. The third kappa shape index (κ3) is 4.61. The summed E-state index contributed by atoms with van der Waals surface area (Å²) in [5.74, 6) is 0.253. The highest BCUT2D eigenvalue weighted by atomic mass is 16.5.